The molecule has 1 heterocycles. The largest absolute Gasteiger partial charge is 0.350 e. The summed E-state index contributed by atoms with van der Waals surface area (Å²) in [5.41, 5.74) is 0.798. The highest BCUT2D eigenvalue weighted by Gasteiger charge is 2.07. The van der Waals surface area contributed by atoms with Crippen LogP contribution in [0.3, 0.4) is 0 Å². The van der Waals surface area contributed by atoms with E-state index in [1.54, 1.807) is 18.2 Å². The lowest BCUT2D eigenvalue weighted by molar-refractivity contribution is 0.0949. The molecule has 5 nitrogen and oxygen atoms in total. The zero-order valence-corrected chi connectivity index (χ0v) is 8.98. The lowest BCUT2D eigenvalue weighted by Gasteiger charge is -2.04. The molecule has 1 amide bonds. The first-order chi connectivity index (χ1) is 8.27. The molecular weight excluding hydrogens is 223 g/mol. The van der Waals surface area contributed by atoms with E-state index < -0.39 is 0 Å². The van der Waals surface area contributed by atoms with Gasteiger partial charge in [-0.2, -0.15) is 15.4 Å². The van der Waals surface area contributed by atoms with E-state index in [1.807, 2.05) is 0 Å². The van der Waals surface area contributed by atoms with E-state index in [-0.39, 0.29) is 17.4 Å². The minimum Gasteiger partial charge on any atom is -0.350 e. The number of carbonyl (C=O) groups excluding carboxylic acids is 1. The highest BCUT2D eigenvalue weighted by atomic mass is 19.1. The van der Waals surface area contributed by atoms with Crippen LogP contribution in [0, 0.1) is 5.82 Å². The molecule has 0 fully saturated rings. The molecular formula is C11H11FN4O. The monoisotopic (exact) mass is 234 g/mol. The first kappa shape index (κ1) is 11.3. The molecule has 0 aliphatic carbocycles. The molecule has 2 rings (SSSR count). The second kappa shape index (κ2) is 5.20. The van der Waals surface area contributed by atoms with Crippen LogP contribution in [-0.4, -0.2) is 27.9 Å². The predicted octanol–water partition coefficient (Wildman–Crippen LogP) is 0.916. The molecule has 0 saturated carbocycles. The van der Waals surface area contributed by atoms with Gasteiger partial charge in [0.25, 0.3) is 5.91 Å². The highest BCUT2D eigenvalue weighted by Crippen LogP contribution is 2.06. The van der Waals surface area contributed by atoms with Gasteiger partial charge in [0.05, 0.1) is 6.20 Å². The molecule has 0 radical (unpaired) electrons. The van der Waals surface area contributed by atoms with Crippen molar-refractivity contribution in [3.63, 3.8) is 0 Å². The Balaban J connectivity index is 1.84. The van der Waals surface area contributed by atoms with Crippen molar-refractivity contribution in [1.82, 2.24) is 20.7 Å². The third kappa shape index (κ3) is 2.87. The van der Waals surface area contributed by atoms with Crippen LogP contribution in [0.2, 0.25) is 0 Å². The maximum atomic E-state index is 13.2. The highest BCUT2D eigenvalue weighted by molar-refractivity contribution is 5.91. The molecule has 0 spiro atoms. The number of hydrogen-bond donors (Lipinski definition) is 2. The zero-order chi connectivity index (χ0) is 12.1. The SMILES string of the molecule is O=C(NCCc1ccccc1F)c1cn[nH]n1. The van der Waals surface area contributed by atoms with Crippen LogP contribution in [0.4, 0.5) is 4.39 Å². The molecule has 88 valence electrons. The number of aromatic amines is 1. The Kier molecular flexibility index (Phi) is 3.44. The number of rotatable bonds is 4. The van der Waals surface area contributed by atoms with Gasteiger partial charge in [0.2, 0.25) is 0 Å². The second-order valence-electron chi connectivity index (χ2n) is 3.45. The van der Waals surface area contributed by atoms with Crippen molar-refractivity contribution in [3.8, 4) is 0 Å². The van der Waals surface area contributed by atoms with E-state index in [9.17, 15) is 9.18 Å². The predicted molar refractivity (Wildman–Crippen MR) is 58.8 cm³/mol. The van der Waals surface area contributed by atoms with E-state index in [4.69, 9.17) is 0 Å². The van der Waals surface area contributed by atoms with E-state index in [1.165, 1.54) is 12.3 Å². The molecule has 2 N–H and O–H groups in total. The Morgan fingerprint density at radius 1 is 1.41 bits per heavy atom. The quantitative estimate of drug-likeness (QED) is 0.826. The van der Waals surface area contributed by atoms with Crippen molar-refractivity contribution in [2.45, 2.75) is 6.42 Å². The molecule has 0 aliphatic heterocycles. The normalized spacial score (nSPS) is 10.2. The van der Waals surface area contributed by atoms with Crippen molar-refractivity contribution in [2.75, 3.05) is 6.54 Å². The van der Waals surface area contributed by atoms with Gasteiger partial charge >= 0.3 is 0 Å². The van der Waals surface area contributed by atoms with Gasteiger partial charge in [-0.25, -0.2) is 4.39 Å². The van der Waals surface area contributed by atoms with E-state index >= 15 is 0 Å². The fourth-order valence-corrected chi connectivity index (χ4v) is 1.41. The van der Waals surface area contributed by atoms with Gasteiger partial charge in [0.1, 0.15) is 5.82 Å². The molecule has 0 bridgehead atoms. The molecule has 1 aromatic carbocycles. The molecule has 0 aliphatic rings. The third-order valence-electron chi connectivity index (χ3n) is 2.29. The fourth-order valence-electron chi connectivity index (χ4n) is 1.41. The summed E-state index contributed by atoms with van der Waals surface area (Å²) < 4.78 is 13.2. The van der Waals surface area contributed by atoms with Gasteiger partial charge in [-0.05, 0) is 18.1 Å². The number of benzene rings is 1. The van der Waals surface area contributed by atoms with Gasteiger partial charge in [-0.3, -0.25) is 4.79 Å². The third-order valence-corrected chi connectivity index (χ3v) is 2.29. The smallest absolute Gasteiger partial charge is 0.273 e. The Bertz CT molecular complexity index is 498. The summed E-state index contributed by atoms with van der Waals surface area (Å²) in [5, 5.41) is 12.1. The summed E-state index contributed by atoms with van der Waals surface area (Å²) in [6.45, 7) is 0.354. The van der Waals surface area contributed by atoms with Crippen LogP contribution in [-0.2, 0) is 6.42 Å². The van der Waals surface area contributed by atoms with Crippen LogP contribution < -0.4 is 5.32 Å². The average molecular weight is 234 g/mol. The topological polar surface area (TPSA) is 70.7 Å². The number of aromatic nitrogens is 3. The molecule has 0 unspecified atom stereocenters. The zero-order valence-electron chi connectivity index (χ0n) is 8.98. The van der Waals surface area contributed by atoms with Crippen LogP contribution in [0.25, 0.3) is 0 Å². The van der Waals surface area contributed by atoms with Gasteiger partial charge in [0, 0.05) is 6.54 Å². The summed E-state index contributed by atoms with van der Waals surface area (Å²) in [4.78, 5) is 11.5. The van der Waals surface area contributed by atoms with E-state index in [0.717, 1.165) is 0 Å². The van der Waals surface area contributed by atoms with E-state index in [2.05, 4.69) is 20.7 Å². The first-order valence-electron chi connectivity index (χ1n) is 5.15. The maximum absolute atomic E-state index is 13.2. The minimum absolute atomic E-state index is 0.221. The molecule has 2 aromatic rings. The van der Waals surface area contributed by atoms with Crippen molar-refractivity contribution < 1.29 is 9.18 Å². The van der Waals surface area contributed by atoms with Crippen LogP contribution >= 0.6 is 0 Å². The Labute approximate surface area is 97.0 Å². The van der Waals surface area contributed by atoms with Crippen LogP contribution in [0.1, 0.15) is 16.1 Å². The number of nitrogens with zero attached hydrogens (tertiary/aromatic N) is 2. The first-order valence-corrected chi connectivity index (χ1v) is 5.15. The summed E-state index contributed by atoms with van der Waals surface area (Å²) >= 11 is 0. The van der Waals surface area contributed by atoms with Crippen molar-refractivity contribution in [3.05, 3.63) is 47.5 Å². The average Bonchev–Trinajstić information content (AvgIpc) is 2.85. The fraction of sp³-hybridized carbons (Fsp3) is 0.182. The summed E-state index contributed by atoms with van der Waals surface area (Å²) in [7, 11) is 0. The maximum Gasteiger partial charge on any atom is 0.273 e. The van der Waals surface area contributed by atoms with Gasteiger partial charge in [-0.15, -0.1) is 0 Å². The number of amides is 1. The van der Waals surface area contributed by atoms with Gasteiger partial charge < -0.3 is 5.32 Å². The van der Waals surface area contributed by atoms with Crippen molar-refractivity contribution >= 4 is 5.91 Å². The summed E-state index contributed by atoms with van der Waals surface area (Å²) in [6, 6.07) is 6.48. The summed E-state index contributed by atoms with van der Waals surface area (Å²) in [6.07, 6.45) is 1.77. The second-order valence-corrected chi connectivity index (χ2v) is 3.45. The molecule has 1 aromatic heterocycles. The Hall–Kier alpha value is -2.24. The molecule has 17 heavy (non-hydrogen) atoms. The standard InChI is InChI=1S/C11H11FN4O/c12-9-4-2-1-3-8(9)5-6-13-11(17)10-7-14-16-15-10/h1-4,7H,5-6H2,(H,13,17)(H,14,15,16). The number of halogens is 1. The Morgan fingerprint density at radius 3 is 2.94 bits per heavy atom. The van der Waals surface area contributed by atoms with Crippen molar-refractivity contribution in [1.29, 1.82) is 0 Å². The van der Waals surface area contributed by atoms with Crippen molar-refractivity contribution in [2.24, 2.45) is 0 Å². The Morgan fingerprint density at radius 2 is 2.24 bits per heavy atom. The van der Waals surface area contributed by atoms with E-state index in [0.29, 0.717) is 18.5 Å². The van der Waals surface area contributed by atoms with Crippen LogP contribution in [0.15, 0.2) is 30.5 Å². The number of carbonyl (C=O) groups is 1. The lowest BCUT2D eigenvalue weighted by Crippen LogP contribution is -2.26. The number of nitrogens with one attached hydrogen (secondary N) is 2. The van der Waals surface area contributed by atoms with Gasteiger partial charge in [-0.1, -0.05) is 18.2 Å². The molecule has 0 atom stereocenters. The lowest BCUT2D eigenvalue weighted by atomic mass is 10.1. The van der Waals surface area contributed by atoms with Gasteiger partial charge in [0.15, 0.2) is 5.69 Å². The van der Waals surface area contributed by atoms with Crippen LogP contribution in [0.5, 0.6) is 0 Å². The number of hydrogen-bond acceptors (Lipinski definition) is 3. The summed E-state index contributed by atoms with van der Waals surface area (Å²) in [5.74, 6) is -0.585. The molecule has 6 heteroatoms. The minimum atomic E-state index is -0.324. The molecule has 0 saturated heterocycles. The number of H-pyrrole nitrogens is 1.